The zero-order valence-electron chi connectivity index (χ0n) is 11.3. The van der Waals surface area contributed by atoms with Gasteiger partial charge >= 0.3 is 5.97 Å². The highest BCUT2D eigenvalue weighted by Gasteiger charge is 2.16. The van der Waals surface area contributed by atoms with E-state index in [1.807, 2.05) is 24.3 Å². The topological polar surface area (TPSA) is 58.6 Å². The summed E-state index contributed by atoms with van der Waals surface area (Å²) in [7, 11) is 0. The van der Waals surface area contributed by atoms with E-state index in [0.29, 0.717) is 12.6 Å². The summed E-state index contributed by atoms with van der Waals surface area (Å²) in [6, 6.07) is 7.33. The maximum Gasteiger partial charge on any atom is 0.320 e. The van der Waals surface area contributed by atoms with E-state index in [1.165, 1.54) is 12.8 Å². The molecule has 2 N–H and O–H groups in total. The average molecular weight is 263 g/mol. The van der Waals surface area contributed by atoms with Gasteiger partial charge in [0.15, 0.2) is 0 Å². The Morgan fingerprint density at radius 1 is 1.47 bits per heavy atom. The Morgan fingerprint density at radius 2 is 2.21 bits per heavy atom. The number of carbonyl (C=O) groups is 1. The van der Waals surface area contributed by atoms with E-state index in [2.05, 4.69) is 5.32 Å². The van der Waals surface area contributed by atoms with E-state index >= 15 is 0 Å². The third-order valence-electron chi connectivity index (χ3n) is 3.49. The molecule has 1 saturated carbocycles. The molecule has 0 saturated heterocycles. The van der Waals surface area contributed by atoms with Crippen LogP contribution in [0.15, 0.2) is 24.3 Å². The minimum atomic E-state index is -0.835. The van der Waals surface area contributed by atoms with Crippen molar-refractivity contribution in [2.24, 2.45) is 0 Å². The fourth-order valence-corrected chi connectivity index (χ4v) is 2.29. The van der Waals surface area contributed by atoms with Crippen molar-refractivity contribution in [1.82, 2.24) is 5.32 Å². The fraction of sp³-hybridized carbons (Fsp3) is 0.533. The number of aliphatic carboxylic acids is 1. The smallest absolute Gasteiger partial charge is 0.320 e. The molecule has 0 aliphatic heterocycles. The molecule has 1 aliphatic carbocycles. The Balaban J connectivity index is 1.89. The first kappa shape index (κ1) is 13.9. The highest BCUT2D eigenvalue weighted by atomic mass is 16.5. The van der Waals surface area contributed by atoms with Crippen molar-refractivity contribution in [3.05, 3.63) is 29.8 Å². The van der Waals surface area contributed by atoms with Crippen molar-refractivity contribution in [2.45, 2.75) is 51.3 Å². The normalized spacial score (nSPS) is 17.3. The predicted octanol–water partition coefficient (Wildman–Crippen LogP) is 2.57. The Hall–Kier alpha value is -1.55. The largest absolute Gasteiger partial charge is 0.490 e. The van der Waals surface area contributed by atoms with Crippen LogP contribution in [0.25, 0.3) is 0 Å². The molecule has 0 aromatic heterocycles. The Kier molecular flexibility index (Phi) is 4.80. The van der Waals surface area contributed by atoms with Gasteiger partial charge in [0.25, 0.3) is 0 Å². The fourth-order valence-electron chi connectivity index (χ4n) is 2.29. The summed E-state index contributed by atoms with van der Waals surface area (Å²) >= 11 is 0. The molecule has 0 heterocycles. The minimum absolute atomic E-state index is 0.348. The standard InChI is InChI=1S/C15H21NO3/c1-11(15(17)18)16-10-12-5-4-8-14(9-12)19-13-6-2-3-7-13/h4-5,8-9,11,13,16H,2-3,6-7,10H2,1H3,(H,17,18). The third-order valence-corrected chi connectivity index (χ3v) is 3.49. The summed E-state index contributed by atoms with van der Waals surface area (Å²) in [6.07, 6.45) is 5.13. The van der Waals surface area contributed by atoms with Gasteiger partial charge in [-0.05, 0) is 50.3 Å². The maximum absolute atomic E-state index is 10.7. The number of ether oxygens (including phenoxy) is 1. The van der Waals surface area contributed by atoms with Crippen LogP contribution in [0.3, 0.4) is 0 Å². The van der Waals surface area contributed by atoms with Crippen LogP contribution in [-0.2, 0) is 11.3 Å². The van der Waals surface area contributed by atoms with Crippen LogP contribution >= 0.6 is 0 Å². The van der Waals surface area contributed by atoms with Crippen LogP contribution < -0.4 is 10.1 Å². The predicted molar refractivity (Wildman–Crippen MR) is 73.3 cm³/mol. The van der Waals surface area contributed by atoms with E-state index in [4.69, 9.17) is 9.84 Å². The molecule has 1 atom stereocenters. The minimum Gasteiger partial charge on any atom is -0.490 e. The third kappa shape index (κ3) is 4.24. The van der Waals surface area contributed by atoms with Gasteiger partial charge in [-0.1, -0.05) is 12.1 Å². The number of nitrogens with one attached hydrogen (secondary N) is 1. The van der Waals surface area contributed by atoms with Crippen LogP contribution in [0.5, 0.6) is 5.75 Å². The van der Waals surface area contributed by atoms with Crippen molar-refractivity contribution >= 4 is 5.97 Å². The highest BCUT2D eigenvalue weighted by Crippen LogP contribution is 2.24. The van der Waals surface area contributed by atoms with Gasteiger partial charge in [0.2, 0.25) is 0 Å². The second-order valence-electron chi connectivity index (χ2n) is 5.11. The van der Waals surface area contributed by atoms with Gasteiger partial charge < -0.3 is 15.2 Å². The van der Waals surface area contributed by atoms with Crippen molar-refractivity contribution in [1.29, 1.82) is 0 Å². The zero-order valence-corrected chi connectivity index (χ0v) is 11.3. The summed E-state index contributed by atoms with van der Waals surface area (Å²) in [4.78, 5) is 10.7. The summed E-state index contributed by atoms with van der Waals surface area (Å²) in [6.45, 7) is 2.18. The van der Waals surface area contributed by atoms with Crippen LogP contribution in [0, 0.1) is 0 Å². The molecule has 0 bridgehead atoms. The molecule has 0 amide bonds. The molecule has 2 rings (SSSR count). The maximum atomic E-state index is 10.7. The lowest BCUT2D eigenvalue weighted by Crippen LogP contribution is -2.33. The SMILES string of the molecule is CC(NCc1cccc(OC2CCCC2)c1)C(=O)O. The van der Waals surface area contributed by atoms with E-state index in [1.54, 1.807) is 6.92 Å². The molecule has 1 fully saturated rings. The molecule has 1 unspecified atom stereocenters. The molecule has 1 aromatic rings. The van der Waals surface area contributed by atoms with Gasteiger partial charge in [0.1, 0.15) is 11.8 Å². The lowest BCUT2D eigenvalue weighted by atomic mass is 10.2. The molecule has 1 aliphatic rings. The zero-order chi connectivity index (χ0) is 13.7. The van der Waals surface area contributed by atoms with Gasteiger partial charge in [-0.15, -0.1) is 0 Å². The van der Waals surface area contributed by atoms with Gasteiger partial charge in [-0.25, -0.2) is 0 Å². The van der Waals surface area contributed by atoms with Gasteiger partial charge in [-0.2, -0.15) is 0 Å². The first-order chi connectivity index (χ1) is 9.15. The Morgan fingerprint density at radius 3 is 2.89 bits per heavy atom. The van der Waals surface area contributed by atoms with Crippen LogP contribution in [0.4, 0.5) is 0 Å². The number of carboxylic acid groups (broad SMARTS) is 1. The van der Waals surface area contributed by atoms with Crippen molar-refractivity contribution in [3.63, 3.8) is 0 Å². The second-order valence-corrected chi connectivity index (χ2v) is 5.11. The van der Waals surface area contributed by atoms with Crippen molar-refractivity contribution < 1.29 is 14.6 Å². The first-order valence-corrected chi connectivity index (χ1v) is 6.87. The summed E-state index contributed by atoms with van der Waals surface area (Å²) in [5.41, 5.74) is 1.04. The van der Waals surface area contributed by atoms with Crippen LogP contribution in [0.1, 0.15) is 38.2 Å². The summed E-state index contributed by atoms with van der Waals surface area (Å²) < 4.78 is 5.93. The number of rotatable bonds is 6. The lowest BCUT2D eigenvalue weighted by molar-refractivity contribution is -0.139. The number of benzene rings is 1. The molecular weight excluding hydrogens is 242 g/mol. The van der Waals surface area contributed by atoms with Gasteiger partial charge in [0.05, 0.1) is 6.10 Å². The van der Waals surface area contributed by atoms with E-state index in [9.17, 15) is 4.79 Å². The molecule has 4 nitrogen and oxygen atoms in total. The Bertz CT molecular complexity index is 427. The van der Waals surface area contributed by atoms with E-state index < -0.39 is 12.0 Å². The summed E-state index contributed by atoms with van der Waals surface area (Å²) in [5, 5.41) is 11.8. The van der Waals surface area contributed by atoms with Gasteiger partial charge in [0, 0.05) is 6.54 Å². The molecule has 0 spiro atoms. The first-order valence-electron chi connectivity index (χ1n) is 6.87. The lowest BCUT2D eigenvalue weighted by Gasteiger charge is -2.14. The van der Waals surface area contributed by atoms with Crippen LogP contribution in [0.2, 0.25) is 0 Å². The van der Waals surface area contributed by atoms with Gasteiger partial charge in [-0.3, -0.25) is 4.79 Å². The van der Waals surface area contributed by atoms with E-state index in [-0.39, 0.29) is 0 Å². The molecule has 1 aromatic carbocycles. The second kappa shape index (κ2) is 6.57. The Labute approximate surface area is 113 Å². The highest BCUT2D eigenvalue weighted by molar-refractivity contribution is 5.72. The molecule has 19 heavy (non-hydrogen) atoms. The van der Waals surface area contributed by atoms with E-state index in [0.717, 1.165) is 24.2 Å². The average Bonchev–Trinajstić information content (AvgIpc) is 2.89. The monoisotopic (exact) mass is 263 g/mol. The molecular formula is C15H21NO3. The number of carboxylic acids is 1. The molecule has 4 heteroatoms. The van der Waals surface area contributed by atoms with Crippen LogP contribution in [-0.4, -0.2) is 23.2 Å². The summed E-state index contributed by atoms with van der Waals surface area (Å²) in [5.74, 6) is 0.0486. The quantitative estimate of drug-likeness (QED) is 0.828. The van der Waals surface area contributed by atoms with Crippen molar-refractivity contribution in [2.75, 3.05) is 0 Å². The molecule has 0 radical (unpaired) electrons. The van der Waals surface area contributed by atoms with Crippen molar-refractivity contribution in [3.8, 4) is 5.75 Å². The number of hydrogen-bond acceptors (Lipinski definition) is 3. The number of hydrogen-bond donors (Lipinski definition) is 2. The molecule has 104 valence electrons.